The topological polar surface area (TPSA) is 79.3 Å². The van der Waals surface area contributed by atoms with Crippen LogP contribution in [0.1, 0.15) is 25.7 Å². The van der Waals surface area contributed by atoms with E-state index < -0.39 is 10.0 Å². The predicted molar refractivity (Wildman–Crippen MR) is 77.0 cm³/mol. The van der Waals surface area contributed by atoms with Crippen molar-refractivity contribution in [2.75, 3.05) is 13.2 Å². The molecule has 2 N–H and O–H groups in total. The molecular formula is C13H19ClN2O3S. The third kappa shape index (κ3) is 3.69. The maximum Gasteiger partial charge on any atom is 0.243 e. The molecule has 2 rings (SSSR count). The molecule has 0 aliphatic heterocycles. The van der Waals surface area contributed by atoms with E-state index in [0.29, 0.717) is 6.54 Å². The van der Waals surface area contributed by atoms with Crippen LogP contribution >= 0.6 is 11.6 Å². The molecular weight excluding hydrogens is 300 g/mol. The molecule has 2 atom stereocenters. The van der Waals surface area contributed by atoms with Crippen LogP contribution in [0.25, 0.3) is 0 Å². The van der Waals surface area contributed by atoms with Crippen LogP contribution in [0.2, 0.25) is 5.15 Å². The number of rotatable bonds is 5. The van der Waals surface area contributed by atoms with E-state index in [-0.39, 0.29) is 28.5 Å². The minimum Gasteiger partial charge on any atom is -0.396 e. The lowest BCUT2D eigenvalue weighted by Crippen LogP contribution is -2.35. The van der Waals surface area contributed by atoms with Gasteiger partial charge in [0.05, 0.1) is 0 Å². The first-order chi connectivity index (χ1) is 9.54. The quantitative estimate of drug-likeness (QED) is 0.812. The van der Waals surface area contributed by atoms with Gasteiger partial charge in [0.25, 0.3) is 0 Å². The summed E-state index contributed by atoms with van der Waals surface area (Å²) in [6.07, 6.45) is 5.52. The highest BCUT2D eigenvalue weighted by molar-refractivity contribution is 7.89. The molecule has 0 radical (unpaired) electrons. The number of halogens is 1. The molecule has 1 aliphatic carbocycles. The fourth-order valence-corrected chi connectivity index (χ4v) is 4.20. The minimum absolute atomic E-state index is 0.00183. The van der Waals surface area contributed by atoms with Crippen molar-refractivity contribution in [1.29, 1.82) is 0 Å². The first kappa shape index (κ1) is 15.7. The Balaban J connectivity index is 2.04. The van der Waals surface area contributed by atoms with E-state index in [1.54, 1.807) is 0 Å². The zero-order chi connectivity index (χ0) is 14.6. The summed E-state index contributed by atoms with van der Waals surface area (Å²) < 4.78 is 27.0. The Labute approximate surface area is 124 Å². The van der Waals surface area contributed by atoms with Gasteiger partial charge in [-0.05, 0) is 36.8 Å². The van der Waals surface area contributed by atoms with Gasteiger partial charge in [-0.25, -0.2) is 18.1 Å². The Morgan fingerprint density at radius 1 is 1.35 bits per heavy atom. The number of sulfonamides is 1. The number of pyridine rings is 1. The molecule has 0 aromatic carbocycles. The van der Waals surface area contributed by atoms with Crippen molar-refractivity contribution in [3.8, 4) is 0 Å². The van der Waals surface area contributed by atoms with Gasteiger partial charge in [0.1, 0.15) is 10.0 Å². The maximum absolute atomic E-state index is 12.2. The lowest BCUT2D eigenvalue weighted by molar-refractivity contribution is 0.136. The van der Waals surface area contributed by atoms with Crippen LogP contribution in [0.15, 0.2) is 23.2 Å². The molecule has 1 aromatic rings. The first-order valence-electron chi connectivity index (χ1n) is 6.75. The summed E-state index contributed by atoms with van der Waals surface area (Å²) in [5.74, 6) is 0.356. The van der Waals surface area contributed by atoms with Gasteiger partial charge in [0.2, 0.25) is 10.0 Å². The van der Waals surface area contributed by atoms with Crippen LogP contribution in [-0.2, 0) is 10.0 Å². The number of hydrogen-bond acceptors (Lipinski definition) is 4. The standard InChI is InChI=1S/C13H19ClN2O3S/c14-13-12(6-3-7-15-13)20(18,19)16-8-10-4-1-2-5-11(10)9-17/h3,6-7,10-11,16-17H,1-2,4-5,8-9H2. The van der Waals surface area contributed by atoms with Gasteiger partial charge in [-0.1, -0.05) is 24.4 Å². The highest BCUT2D eigenvalue weighted by atomic mass is 35.5. The van der Waals surface area contributed by atoms with Crippen LogP contribution in [-0.4, -0.2) is 31.7 Å². The van der Waals surface area contributed by atoms with Crippen LogP contribution in [0.3, 0.4) is 0 Å². The maximum atomic E-state index is 12.2. The Hall–Kier alpha value is -0.690. The minimum atomic E-state index is -3.65. The lowest BCUT2D eigenvalue weighted by Gasteiger charge is -2.30. The third-order valence-corrected chi connectivity index (χ3v) is 5.72. The van der Waals surface area contributed by atoms with Crippen molar-refractivity contribution in [3.05, 3.63) is 23.5 Å². The van der Waals surface area contributed by atoms with Gasteiger partial charge in [0.15, 0.2) is 0 Å². The van der Waals surface area contributed by atoms with Gasteiger partial charge in [0, 0.05) is 19.3 Å². The Bertz CT molecular complexity index is 550. The molecule has 5 nitrogen and oxygen atoms in total. The molecule has 0 amide bonds. The number of nitrogens with zero attached hydrogens (tertiary/aromatic N) is 1. The second kappa shape index (κ2) is 6.85. The average Bonchev–Trinajstić information content (AvgIpc) is 2.46. The van der Waals surface area contributed by atoms with Crippen LogP contribution in [0, 0.1) is 11.8 Å². The van der Waals surface area contributed by atoms with Crippen molar-refractivity contribution in [2.45, 2.75) is 30.6 Å². The normalized spacial score (nSPS) is 23.7. The molecule has 2 unspecified atom stereocenters. The predicted octanol–water partition coefficient (Wildman–Crippen LogP) is 1.81. The van der Waals surface area contributed by atoms with Crippen LogP contribution in [0.5, 0.6) is 0 Å². The molecule has 1 saturated carbocycles. The van der Waals surface area contributed by atoms with E-state index in [0.717, 1.165) is 25.7 Å². The molecule has 0 spiro atoms. The van der Waals surface area contributed by atoms with Gasteiger partial charge in [-0.3, -0.25) is 0 Å². The fourth-order valence-electron chi connectivity index (χ4n) is 2.66. The Kier molecular flexibility index (Phi) is 5.37. The van der Waals surface area contributed by atoms with E-state index in [1.807, 2.05) is 0 Å². The van der Waals surface area contributed by atoms with Gasteiger partial charge in [-0.2, -0.15) is 0 Å². The number of aliphatic hydroxyl groups excluding tert-OH is 1. The molecule has 1 heterocycles. The van der Waals surface area contributed by atoms with Crippen molar-refractivity contribution in [2.24, 2.45) is 11.8 Å². The number of aliphatic hydroxyl groups is 1. The van der Waals surface area contributed by atoms with E-state index in [9.17, 15) is 13.5 Å². The zero-order valence-corrected chi connectivity index (χ0v) is 12.7. The molecule has 1 aliphatic rings. The van der Waals surface area contributed by atoms with Crippen molar-refractivity contribution >= 4 is 21.6 Å². The summed E-state index contributed by atoms with van der Waals surface area (Å²) in [4.78, 5) is 3.78. The first-order valence-corrected chi connectivity index (χ1v) is 8.61. The van der Waals surface area contributed by atoms with Crippen LogP contribution < -0.4 is 4.72 Å². The SMILES string of the molecule is O=S(=O)(NCC1CCCCC1CO)c1cccnc1Cl. The molecule has 112 valence electrons. The van der Waals surface area contributed by atoms with Crippen LogP contribution in [0.4, 0.5) is 0 Å². The second-order valence-electron chi connectivity index (χ2n) is 5.13. The Morgan fingerprint density at radius 2 is 2.05 bits per heavy atom. The number of nitrogens with one attached hydrogen (secondary N) is 1. The second-order valence-corrected chi connectivity index (χ2v) is 7.22. The highest BCUT2D eigenvalue weighted by Gasteiger charge is 2.27. The van der Waals surface area contributed by atoms with Crippen molar-refractivity contribution in [3.63, 3.8) is 0 Å². The lowest BCUT2D eigenvalue weighted by atomic mass is 9.80. The third-order valence-electron chi connectivity index (χ3n) is 3.85. The summed E-state index contributed by atoms with van der Waals surface area (Å²) in [6, 6.07) is 2.97. The summed E-state index contributed by atoms with van der Waals surface area (Å²) in [7, 11) is -3.65. The molecule has 0 bridgehead atoms. The van der Waals surface area contributed by atoms with Crippen molar-refractivity contribution < 1.29 is 13.5 Å². The van der Waals surface area contributed by atoms with E-state index in [1.165, 1.54) is 18.3 Å². The zero-order valence-electron chi connectivity index (χ0n) is 11.1. The van der Waals surface area contributed by atoms with Gasteiger partial charge >= 0.3 is 0 Å². The molecule has 1 fully saturated rings. The summed E-state index contributed by atoms with van der Waals surface area (Å²) in [5, 5.41) is 9.32. The van der Waals surface area contributed by atoms with Gasteiger partial charge < -0.3 is 5.11 Å². The molecule has 1 aromatic heterocycles. The largest absolute Gasteiger partial charge is 0.396 e. The van der Waals surface area contributed by atoms with E-state index >= 15 is 0 Å². The number of hydrogen-bond donors (Lipinski definition) is 2. The summed E-state index contributed by atoms with van der Waals surface area (Å²) in [5.41, 5.74) is 0. The Morgan fingerprint density at radius 3 is 2.70 bits per heavy atom. The molecule has 20 heavy (non-hydrogen) atoms. The van der Waals surface area contributed by atoms with E-state index in [2.05, 4.69) is 9.71 Å². The van der Waals surface area contributed by atoms with E-state index in [4.69, 9.17) is 11.6 Å². The number of aromatic nitrogens is 1. The molecule has 7 heteroatoms. The average molecular weight is 319 g/mol. The smallest absolute Gasteiger partial charge is 0.243 e. The fraction of sp³-hybridized carbons (Fsp3) is 0.615. The van der Waals surface area contributed by atoms with Gasteiger partial charge in [-0.15, -0.1) is 0 Å². The highest BCUT2D eigenvalue weighted by Crippen LogP contribution is 2.29. The summed E-state index contributed by atoms with van der Waals surface area (Å²) >= 11 is 5.82. The molecule has 0 saturated heterocycles. The summed E-state index contributed by atoms with van der Waals surface area (Å²) in [6.45, 7) is 0.443. The monoisotopic (exact) mass is 318 g/mol. The van der Waals surface area contributed by atoms with Crippen molar-refractivity contribution in [1.82, 2.24) is 9.71 Å².